The lowest BCUT2D eigenvalue weighted by Gasteiger charge is -2.36. The van der Waals surface area contributed by atoms with Gasteiger partial charge in [0.1, 0.15) is 16.2 Å². The van der Waals surface area contributed by atoms with Gasteiger partial charge in [0.05, 0.1) is 10.4 Å². The molecule has 1 aliphatic rings. The molecule has 0 saturated heterocycles. The van der Waals surface area contributed by atoms with Gasteiger partial charge in [0.15, 0.2) is 11.9 Å². The molecule has 1 aliphatic heterocycles. The zero-order chi connectivity index (χ0) is 23.5. The molecule has 0 bridgehead atoms. The van der Waals surface area contributed by atoms with E-state index in [9.17, 15) is 18.0 Å². The molecule has 1 N–H and O–H groups in total. The molecule has 9 heteroatoms. The fourth-order valence-electron chi connectivity index (χ4n) is 4.04. The summed E-state index contributed by atoms with van der Waals surface area (Å²) in [5.41, 5.74) is 2.65. The van der Waals surface area contributed by atoms with Gasteiger partial charge in [-0.2, -0.15) is 0 Å². The Morgan fingerprint density at radius 2 is 1.81 bits per heavy atom. The number of likely N-dealkylation sites (N-methyl/N-ethyl adjacent to an activating group) is 1. The van der Waals surface area contributed by atoms with Crippen LogP contribution in [0.3, 0.4) is 0 Å². The third-order valence-electron chi connectivity index (χ3n) is 6.20. The van der Waals surface area contributed by atoms with Crippen molar-refractivity contribution in [2.45, 2.75) is 38.5 Å². The number of aromatic nitrogens is 2. The van der Waals surface area contributed by atoms with Crippen LogP contribution < -0.4 is 15.2 Å². The van der Waals surface area contributed by atoms with Crippen molar-refractivity contribution in [2.75, 3.05) is 11.9 Å². The van der Waals surface area contributed by atoms with E-state index in [4.69, 9.17) is 4.74 Å². The van der Waals surface area contributed by atoms with Gasteiger partial charge < -0.3 is 19.2 Å². The highest BCUT2D eigenvalue weighted by Gasteiger charge is 2.38. The van der Waals surface area contributed by atoms with E-state index >= 15 is 0 Å². The van der Waals surface area contributed by atoms with E-state index in [0.29, 0.717) is 39.0 Å². The van der Waals surface area contributed by atoms with Crippen molar-refractivity contribution in [1.29, 1.82) is 0 Å². The Kier molecular flexibility index (Phi) is 5.20. The number of H-pyrrole nitrogens is 1. The molecule has 0 spiro atoms. The van der Waals surface area contributed by atoms with E-state index < -0.39 is 21.6 Å². The monoisotopic (exact) mass is 457 g/mol. The van der Waals surface area contributed by atoms with Crippen molar-refractivity contribution in [3.63, 3.8) is 0 Å². The van der Waals surface area contributed by atoms with Gasteiger partial charge in [-0.05, 0) is 43.5 Å². The standard InChI is InChI=1S/C23H27N3O5S/c1-12(2)19-22(28)26(6)17-10-13(23(3,4)32(29)30)9-15(20(17)31-19)16-11-25(5)21(27)18-14(16)7-8-24-18/h7-12,19,24,32H,1-6H3. The summed E-state index contributed by atoms with van der Waals surface area (Å²) in [5.74, 6) is 0.241. The number of hydrogen-bond donors (Lipinski definition) is 2. The summed E-state index contributed by atoms with van der Waals surface area (Å²) in [6.07, 6.45) is 2.74. The Morgan fingerprint density at radius 1 is 1.12 bits per heavy atom. The molecule has 0 aliphatic carbocycles. The molecule has 3 aromatic rings. The summed E-state index contributed by atoms with van der Waals surface area (Å²) >= 11 is 0. The number of rotatable bonds is 4. The SMILES string of the molecule is CC(C)C1Oc2c(-c3cn(C)c(=O)c4[nH]ccc34)cc(C(C)(C)[SH](=O)=O)cc2N(C)C1=O. The molecule has 1 amide bonds. The molecule has 0 fully saturated rings. The van der Waals surface area contributed by atoms with E-state index in [-0.39, 0.29) is 17.4 Å². The van der Waals surface area contributed by atoms with Crippen molar-refractivity contribution in [3.05, 3.63) is 46.5 Å². The maximum atomic E-state index is 13.0. The molecule has 4 rings (SSSR count). The van der Waals surface area contributed by atoms with Gasteiger partial charge >= 0.3 is 0 Å². The second-order valence-electron chi connectivity index (χ2n) is 9.09. The number of carbonyl (C=O) groups is 1. The number of hydrogen-bond acceptors (Lipinski definition) is 5. The minimum absolute atomic E-state index is 0.0643. The number of benzene rings is 1. The van der Waals surface area contributed by atoms with E-state index in [1.807, 2.05) is 19.9 Å². The quantitative estimate of drug-likeness (QED) is 0.587. The molecular weight excluding hydrogens is 430 g/mol. The molecule has 32 heavy (non-hydrogen) atoms. The Bertz CT molecular complexity index is 1370. The number of aryl methyl sites for hydroxylation is 1. The van der Waals surface area contributed by atoms with Gasteiger partial charge in [0.25, 0.3) is 11.5 Å². The van der Waals surface area contributed by atoms with Crippen molar-refractivity contribution in [2.24, 2.45) is 13.0 Å². The van der Waals surface area contributed by atoms with Crippen molar-refractivity contribution < 1.29 is 17.9 Å². The van der Waals surface area contributed by atoms with E-state index in [2.05, 4.69) is 4.98 Å². The number of ether oxygens (including phenoxy) is 1. The Balaban J connectivity index is 2.11. The predicted molar refractivity (Wildman–Crippen MR) is 125 cm³/mol. The smallest absolute Gasteiger partial charge is 0.274 e. The van der Waals surface area contributed by atoms with Crippen LogP contribution in [0.15, 0.2) is 35.4 Å². The average molecular weight is 458 g/mol. The van der Waals surface area contributed by atoms with Crippen molar-refractivity contribution >= 4 is 33.2 Å². The molecule has 2 aromatic heterocycles. The third kappa shape index (κ3) is 3.23. The predicted octanol–water partition coefficient (Wildman–Crippen LogP) is 2.76. The highest BCUT2D eigenvalue weighted by molar-refractivity contribution is 7.73. The van der Waals surface area contributed by atoms with Gasteiger partial charge in [0, 0.05) is 43.0 Å². The zero-order valence-electron chi connectivity index (χ0n) is 18.9. The minimum atomic E-state index is -2.80. The fraction of sp³-hybridized carbons (Fsp3) is 0.391. The molecule has 1 aromatic carbocycles. The number of pyridine rings is 1. The second kappa shape index (κ2) is 7.51. The van der Waals surface area contributed by atoms with Gasteiger partial charge in [-0.1, -0.05) is 13.8 Å². The average Bonchev–Trinajstić information content (AvgIpc) is 3.22. The first-order chi connectivity index (χ1) is 14.9. The molecule has 3 heterocycles. The van der Waals surface area contributed by atoms with Gasteiger partial charge in [-0.15, -0.1) is 0 Å². The first-order valence-electron chi connectivity index (χ1n) is 10.4. The first-order valence-corrected chi connectivity index (χ1v) is 11.6. The lowest BCUT2D eigenvalue weighted by atomic mass is 9.92. The molecule has 1 unspecified atom stereocenters. The number of nitrogens with one attached hydrogen (secondary N) is 1. The largest absolute Gasteiger partial charge is 0.477 e. The highest BCUT2D eigenvalue weighted by atomic mass is 32.2. The number of fused-ring (bicyclic) bond motifs is 2. The van der Waals surface area contributed by atoms with Gasteiger partial charge in [-0.3, -0.25) is 9.59 Å². The molecule has 1 atom stereocenters. The lowest BCUT2D eigenvalue weighted by molar-refractivity contribution is -0.127. The van der Waals surface area contributed by atoms with Crippen LogP contribution in [0.5, 0.6) is 5.75 Å². The van der Waals surface area contributed by atoms with Crippen molar-refractivity contribution in [3.8, 4) is 16.9 Å². The summed E-state index contributed by atoms with van der Waals surface area (Å²) in [6.45, 7) is 7.08. The van der Waals surface area contributed by atoms with Crippen LogP contribution in [0.25, 0.3) is 22.0 Å². The zero-order valence-corrected chi connectivity index (χ0v) is 19.8. The summed E-state index contributed by atoms with van der Waals surface area (Å²) in [4.78, 5) is 30.1. The first kappa shape index (κ1) is 22.1. The summed E-state index contributed by atoms with van der Waals surface area (Å²) in [7, 11) is 0.530. The van der Waals surface area contributed by atoms with Crippen molar-refractivity contribution in [1.82, 2.24) is 9.55 Å². The Labute approximate surface area is 187 Å². The normalized spacial score (nSPS) is 16.7. The van der Waals surface area contributed by atoms with Crippen LogP contribution in [-0.4, -0.2) is 37.0 Å². The number of anilines is 1. The van der Waals surface area contributed by atoms with Gasteiger partial charge in [-0.25, -0.2) is 8.42 Å². The molecule has 0 saturated carbocycles. The van der Waals surface area contributed by atoms with E-state index in [1.54, 1.807) is 52.5 Å². The van der Waals surface area contributed by atoms with E-state index in [1.165, 1.54) is 9.47 Å². The van der Waals surface area contributed by atoms with Crippen LogP contribution >= 0.6 is 0 Å². The Hall–Kier alpha value is -3.07. The number of amides is 1. The Morgan fingerprint density at radius 3 is 2.44 bits per heavy atom. The number of aromatic amines is 1. The lowest BCUT2D eigenvalue weighted by Crippen LogP contribution is -2.46. The molecule has 170 valence electrons. The summed E-state index contributed by atoms with van der Waals surface area (Å²) in [5, 5.41) is 0.695. The number of thiol groups is 1. The maximum Gasteiger partial charge on any atom is 0.274 e. The molecular formula is C23H27N3O5S. The van der Waals surface area contributed by atoms with Crippen LogP contribution in [-0.2, 0) is 27.3 Å². The van der Waals surface area contributed by atoms with Crippen LogP contribution in [0.4, 0.5) is 5.69 Å². The van der Waals surface area contributed by atoms with Crippen LogP contribution in [0.1, 0.15) is 33.3 Å². The topological polar surface area (TPSA) is 101 Å². The third-order valence-corrected chi connectivity index (χ3v) is 7.37. The number of nitrogens with zero attached hydrogens (tertiary/aromatic N) is 2. The summed E-state index contributed by atoms with van der Waals surface area (Å²) < 4.78 is 30.7. The molecule has 8 nitrogen and oxygen atoms in total. The number of carbonyl (C=O) groups excluding carboxylic acids is 1. The summed E-state index contributed by atoms with van der Waals surface area (Å²) in [6, 6.07) is 5.30. The van der Waals surface area contributed by atoms with E-state index in [0.717, 1.165) is 0 Å². The highest BCUT2D eigenvalue weighted by Crippen LogP contribution is 2.47. The maximum absolute atomic E-state index is 13.0. The van der Waals surface area contributed by atoms with Crippen LogP contribution in [0, 0.1) is 5.92 Å². The second-order valence-corrected chi connectivity index (χ2v) is 10.7. The fourth-order valence-corrected chi connectivity index (χ4v) is 4.38. The van der Waals surface area contributed by atoms with Crippen LogP contribution in [0.2, 0.25) is 0 Å². The minimum Gasteiger partial charge on any atom is -0.477 e. The van der Waals surface area contributed by atoms with Gasteiger partial charge in [0.2, 0.25) is 0 Å². The molecule has 0 radical (unpaired) electrons.